The molecular weight excluding hydrogens is 265 g/mol. The summed E-state index contributed by atoms with van der Waals surface area (Å²) in [4.78, 5) is 9.26. The molecule has 0 N–H and O–H groups in total. The van der Waals surface area contributed by atoms with Crippen LogP contribution in [0, 0.1) is 6.92 Å². The molecule has 1 heterocycles. The van der Waals surface area contributed by atoms with Gasteiger partial charge in [-0.25, -0.2) is 0 Å². The van der Waals surface area contributed by atoms with Crippen LogP contribution < -0.4 is 0 Å². The van der Waals surface area contributed by atoms with Crippen molar-refractivity contribution in [2.75, 3.05) is 12.4 Å². The Hall–Kier alpha value is -1.24. The maximum absolute atomic E-state index is 11.8. The number of alkyl halides is 3. The molecule has 100 valence electrons. The van der Waals surface area contributed by atoms with Gasteiger partial charge in [0.15, 0.2) is 0 Å². The standard InChI is InChI=1S/C11H13F3N2OS/c1-3-18-10-4-9(5-15-8(10)2)6-16-17-7-11(12,13)14/h4-6H,3,7H2,1-2H3/b16-6+. The Bertz CT molecular complexity index is 421. The highest BCUT2D eigenvalue weighted by atomic mass is 32.2. The van der Waals surface area contributed by atoms with E-state index in [1.165, 1.54) is 12.4 Å². The van der Waals surface area contributed by atoms with Crippen molar-refractivity contribution in [3.63, 3.8) is 0 Å². The Balaban J connectivity index is 2.62. The van der Waals surface area contributed by atoms with Crippen molar-refractivity contribution in [2.24, 2.45) is 5.16 Å². The number of hydrogen-bond donors (Lipinski definition) is 0. The zero-order chi connectivity index (χ0) is 13.6. The van der Waals surface area contributed by atoms with Gasteiger partial charge in [0.1, 0.15) is 0 Å². The van der Waals surface area contributed by atoms with E-state index < -0.39 is 12.8 Å². The summed E-state index contributed by atoms with van der Waals surface area (Å²) >= 11 is 1.61. The van der Waals surface area contributed by atoms with Crippen LogP contribution in [0.15, 0.2) is 22.3 Å². The van der Waals surface area contributed by atoms with Crippen molar-refractivity contribution >= 4 is 18.0 Å². The van der Waals surface area contributed by atoms with Crippen molar-refractivity contribution in [1.29, 1.82) is 0 Å². The molecule has 0 saturated heterocycles. The first-order valence-corrected chi connectivity index (χ1v) is 6.22. The second-order valence-electron chi connectivity index (χ2n) is 3.41. The van der Waals surface area contributed by atoms with Crippen LogP contribution in [0.4, 0.5) is 13.2 Å². The van der Waals surface area contributed by atoms with Gasteiger partial charge in [-0.2, -0.15) is 13.2 Å². The number of aryl methyl sites for hydroxylation is 1. The van der Waals surface area contributed by atoms with Crippen LogP contribution in [0.3, 0.4) is 0 Å². The Morgan fingerprint density at radius 1 is 1.50 bits per heavy atom. The minimum Gasteiger partial charge on any atom is -0.386 e. The lowest BCUT2D eigenvalue weighted by Gasteiger charge is -2.04. The van der Waals surface area contributed by atoms with Crippen LogP contribution in [-0.2, 0) is 4.84 Å². The molecule has 0 aliphatic heterocycles. The molecule has 3 nitrogen and oxygen atoms in total. The molecule has 1 aromatic rings. The molecule has 0 aliphatic rings. The lowest BCUT2D eigenvalue weighted by molar-refractivity contribution is -0.173. The van der Waals surface area contributed by atoms with Gasteiger partial charge in [-0.1, -0.05) is 12.1 Å². The van der Waals surface area contributed by atoms with E-state index in [1.54, 1.807) is 11.8 Å². The molecule has 0 saturated carbocycles. The molecule has 0 atom stereocenters. The fourth-order valence-electron chi connectivity index (χ4n) is 1.11. The summed E-state index contributed by atoms with van der Waals surface area (Å²) in [5.74, 6) is 0.897. The molecule has 0 amide bonds. The molecule has 0 unspecified atom stereocenters. The Kier molecular flexibility index (Phi) is 5.46. The van der Waals surface area contributed by atoms with Gasteiger partial charge in [-0.15, -0.1) is 11.8 Å². The number of hydrogen-bond acceptors (Lipinski definition) is 4. The molecule has 18 heavy (non-hydrogen) atoms. The second kappa shape index (κ2) is 6.63. The van der Waals surface area contributed by atoms with Crippen LogP contribution in [0.5, 0.6) is 0 Å². The first-order chi connectivity index (χ1) is 8.42. The number of rotatable bonds is 5. The maximum Gasteiger partial charge on any atom is 0.425 e. The highest BCUT2D eigenvalue weighted by Crippen LogP contribution is 2.21. The maximum atomic E-state index is 11.8. The highest BCUT2D eigenvalue weighted by Gasteiger charge is 2.28. The van der Waals surface area contributed by atoms with Crippen molar-refractivity contribution < 1.29 is 18.0 Å². The SMILES string of the molecule is CCSc1cc(/C=N/OCC(F)(F)F)cnc1C. The molecule has 0 fully saturated rings. The summed E-state index contributed by atoms with van der Waals surface area (Å²) in [6.07, 6.45) is -1.61. The number of aromatic nitrogens is 1. The summed E-state index contributed by atoms with van der Waals surface area (Å²) in [5, 5.41) is 3.26. The predicted octanol–water partition coefficient (Wildman–Crippen LogP) is 3.41. The number of oxime groups is 1. The van der Waals surface area contributed by atoms with E-state index in [0.717, 1.165) is 16.3 Å². The van der Waals surface area contributed by atoms with Gasteiger partial charge in [0.05, 0.1) is 11.9 Å². The lowest BCUT2D eigenvalue weighted by atomic mass is 10.3. The minimum atomic E-state index is -4.37. The fraction of sp³-hybridized carbons (Fsp3) is 0.455. The molecule has 0 bridgehead atoms. The molecule has 0 radical (unpaired) electrons. The number of pyridine rings is 1. The van der Waals surface area contributed by atoms with Crippen molar-refractivity contribution in [1.82, 2.24) is 4.98 Å². The largest absolute Gasteiger partial charge is 0.425 e. The minimum absolute atomic E-state index is 0.610. The molecule has 1 aromatic heterocycles. The number of halogens is 3. The molecule has 0 spiro atoms. The van der Waals surface area contributed by atoms with Gasteiger partial charge in [-0.05, 0) is 18.7 Å². The number of nitrogens with zero attached hydrogens (tertiary/aromatic N) is 2. The second-order valence-corrected chi connectivity index (χ2v) is 4.71. The summed E-state index contributed by atoms with van der Waals surface area (Å²) in [7, 11) is 0. The van der Waals surface area contributed by atoms with E-state index in [2.05, 4.69) is 15.0 Å². The Morgan fingerprint density at radius 3 is 2.83 bits per heavy atom. The van der Waals surface area contributed by atoms with Crippen molar-refractivity contribution in [2.45, 2.75) is 24.9 Å². The van der Waals surface area contributed by atoms with E-state index in [1.807, 2.05) is 19.9 Å². The number of thioether (sulfide) groups is 1. The summed E-state index contributed by atoms with van der Waals surface area (Å²) in [6.45, 7) is 2.50. The van der Waals surface area contributed by atoms with E-state index in [9.17, 15) is 13.2 Å². The molecule has 7 heteroatoms. The third kappa shape index (κ3) is 5.39. The van der Waals surface area contributed by atoms with Crippen molar-refractivity contribution in [3.05, 3.63) is 23.5 Å². The van der Waals surface area contributed by atoms with Crippen molar-refractivity contribution in [3.8, 4) is 0 Å². The van der Waals surface area contributed by atoms with Gasteiger partial charge >= 0.3 is 6.18 Å². The zero-order valence-corrected chi connectivity index (χ0v) is 10.8. The first-order valence-electron chi connectivity index (χ1n) is 5.24. The van der Waals surface area contributed by atoms with Gasteiger partial charge in [0, 0.05) is 16.7 Å². The molecule has 0 aliphatic carbocycles. The monoisotopic (exact) mass is 278 g/mol. The topological polar surface area (TPSA) is 34.5 Å². The van der Waals surface area contributed by atoms with Gasteiger partial charge in [0.2, 0.25) is 6.61 Å². The van der Waals surface area contributed by atoms with Gasteiger partial charge < -0.3 is 4.84 Å². The summed E-state index contributed by atoms with van der Waals surface area (Å²) in [6, 6.07) is 1.82. The average molecular weight is 278 g/mol. The predicted molar refractivity (Wildman–Crippen MR) is 65.0 cm³/mol. The van der Waals surface area contributed by atoms with Crippen LogP contribution in [0.25, 0.3) is 0 Å². The highest BCUT2D eigenvalue weighted by molar-refractivity contribution is 7.99. The zero-order valence-electron chi connectivity index (χ0n) is 9.99. The van der Waals surface area contributed by atoms with Crippen LogP contribution >= 0.6 is 11.8 Å². The molecule has 0 aromatic carbocycles. The van der Waals surface area contributed by atoms with Crippen LogP contribution in [0.2, 0.25) is 0 Å². The van der Waals surface area contributed by atoms with E-state index in [4.69, 9.17) is 0 Å². The third-order valence-corrected chi connectivity index (χ3v) is 2.88. The van der Waals surface area contributed by atoms with Gasteiger partial charge in [0.25, 0.3) is 0 Å². The average Bonchev–Trinajstić information content (AvgIpc) is 2.28. The van der Waals surface area contributed by atoms with Crippen LogP contribution in [-0.4, -0.2) is 29.7 Å². The van der Waals surface area contributed by atoms with Gasteiger partial charge in [-0.3, -0.25) is 4.98 Å². The van der Waals surface area contributed by atoms with E-state index >= 15 is 0 Å². The quantitative estimate of drug-likeness (QED) is 0.470. The Labute approximate surface area is 107 Å². The summed E-state index contributed by atoms with van der Waals surface area (Å²) < 4.78 is 35.4. The third-order valence-electron chi connectivity index (χ3n) is 1.87. The Morgan fingerprint density at radius 2 is 2.22 bits per heavy atom. The normalized spacial score (nSPS) is 12.1. The lowest BCUT2D eigenvalue weighted by Crippen LogP contribution is -2.14. The fourth-order valence-corrected chi connectivity index (χ4v) is 1.90. The molecular formula is C11H13F3N2OS. The van der Waals surface area contributed by atoms with E-state index in [-0.39, 0.29) is 0 Å². The molecule has 1 rings (SSSR count). The first kappa shape index (κ1) is 14.8. The van der Waals surface area contributed by atoms with Crippen LogP contribution in [0.1, 0.15) is 18.2 Å². The smallest absolute Gasteiger partial charge is 0.386 e. The summed E-state index contributed by atoms with van der Waals surface area (Å²) in [5.41, 5.74) is 1.49. The van der Waals surface area contributed by atoms with E-state index in [0.29, 0.717) is 5.56 Å².